The first-order chi connectivity index (χ1) is 11.3. The Hall–Kier alpha value is -1.26. The highest BCUT2D eigenvalue weighted by Gasteiger charge is 2.41. The van der Waals surface area contributed by atoms with E-state index in [0.717, 1.165) is 4.90 Å². The quantitative estimate of drug-likeness (QED) is 0.402. The number of rotatable bonds is 4. The summed E-state index contributed by atoms with van der Waals surface area (Å²) < 4.78 is 5.36. The summed E-state index contributed by atoms with van der Waals surface area (Å²) in [7, 11) is 0. The molecule has 0 unspecified atom stereocenters. The van der Waals surface area contributed by atoms with E-state index < -0.39 is 23.2 Å². The Morgan fingerprint density at radius 3 is 2.79 bits per heavy atom. The van der Waals surface area contributed by atoms with Gasteiger partial charge in [0.05, 0.1) is 15.1 Å². The van der Waals surface area contributed by atoms with Crippen LogP contribution in [0.25, 0.3) is 6.08 Å². The highest BCUT2D eigenvalue weighted by Crippen LogP contribution is 2.37. The number of hydrogen-bond acceptors (Lipinski definition) is 6. The molecule has 2 rings (SSSR count). The molecule has 1 fully saturated rings. The number of carbonyl (C=O) groups excluding carboxylic acids is 3. The summed E-state index contributed by atoms with van der Waals surface area (Å²) in [5, 5.41) is 9.89. The molecule has 1 heterocycles. The van der Waals surface area contributed by atoms with E-state index in [-0.39, 0.29) is 17.3 Å². The predicted octanol–water partition coefficient (Wildman–Crippen LogP) is 3.64. The van der Waals surface area contributed by atoms with E-state index in [1.165, 1.54) is 19.1 Å². The number of imide groups is 1. The highest BCUT2D eigenvalue weighted by molar-refractivity contribution is 14.1. The number of nitrogens with zero attached hydrogens (tertiary/aromatic N) is 1. The summed E-state index contributed by atoms with van der Waals surface area (Å²) in [6.07, 6.45) is 1.38. The van der Waals surface area contributed by atoms with Crippen molar-refractivity contribution in [3.8, 4) is 5.75 Å². The second kappa shape index (κ2) is 7.75. The van der Waals surface area contributed by atoms with Gasteiger partial charge in [0.15, 0.2) is 0 Å². The average molecular weight is 482 g/mol. The van der Waals surface area contributed by atoms with E-state index in [1.807, 2.05) is 22.6 Å². The molecule has 128 valence electrons. The number of amides is 2. The second-order valence-electron chi connectivity index (χ2n) is 4.81. The number of benzene rings is 1. The Bertz CT molecular complexity index is 752. The maximum absolute atomic E-state index is 12.4. The smallest absolute Gasteiger partial charge is 0.329 e. The van der Waals surface area contributed by atoms with Gasteiger partial charge in [-0.2, -0.15) is 0 Å². The molecular weight excluding hydrogens is 469 g/mol. The number of ether oxygens (including phenoxy) is 1. The van der Waals surface area contributed by atoms with Gasteiger partial charge in [0.2, 0.25) is 0 Å². The summed E-state index contributed by atoms with van der Waals surface area (Å²) in [5.74, 6) is -1.30. The lowest BCUT2D eigenvalue weighted by Crippen LogP contribution is -2.42. The number of hydrogen-bond donors (Lipinski definition) is 1. The van der Waals surface area contributed by atoms with E-state index in [1.54, 1.807) is 13.0 Å². The molecular formula is C15H13ClINO5S. The third-order valence-corrected chi connectivity index (χ3v) is 5.11. The topological polar surface area (TPSA) is 83.9 Å². The minimum Gasteiger partial charge on any atom is -0.506 e. The molecule has 1 aliphatic heterocycles. The van der Waals surface area contributed by atoms with E-state index in [0.29, 0.717) is 25.9 Å². The molecule has 1 aromatic rings. The van der Waals surface area contributed by atoms with Gasteiger partial charge in [-0.15, -0.1) is 0 Å². The first-order valence-electron chi connectivity index (χ1n) is 6.88. The van der Waals surface area contributed by atoms with Crippen molar-refractivity contribution in [2.24, 2.45) is 0 Å². The van der Waals surface area contributed by atoms with Gasteiger partial charge in [0, 0.05) is 10.6 Å². The molecule has 1 saturated heterocycles. The van der Waals surface area contributed by atoms with Crippen LogP contribution in [0.2, 0.25) is 5.02 Å². The van der Waals surface area contributed by atoms with E-state index >= 15 is 0 Å². The molecule has 24 heavy (non-hydrogen) atoms. The highest BCUT2D eigenvalue weighted by atomic mass is 127. The second-order valence-corrected chi connectivity index (χ2v) is 7.40. The maximum atomic E-state index is 12.4. The average Bonchev–Trinajstić information content (AvgIpc) is 2.78. The van der Waals surface area contributed by atoms with Crippen LogP contribution in [0.4, 0.5) is 4.79 Å². The lowest BCUT2D eigenvalue weighted by Gasteiger charge is -2.19. The fourth-order valence-electron chi connectivity index (χ4n) is 2.02. The fourth-order valence-corrected chi connectivity index (χ4v) is 3.98. The van der Waals surface area contributed by atoms with Gasteiger partial charge >= 0.3 is 5.97 Å². The Morgan fingerprint density at radius 1 is 1.50 bits per heavy atom. The summed E-state index contributed by atoms with van der Waals surface area (Å²) in [5.41, 5.74) is 0.321. The minimum atomic E-state index is -1.02. The molecule has 0 spiro atoms. The van der Waals surface area contributed by atoms with Crippen LogP contribution in [0.1, 0.15) is 19.4 Å². The first kappa shape index (κ1) is 19.1. The Morgan fingerprint density at radius 2 is 2.17 bits per heavy atom. The van der Waals surface area contributed by atoms with Gasteiger partial charge in [-0.25, -0.2) is 4.79 Å². The monoisotopic (exact) mass is 481 g/mol. The third kappa shape index (κ3) is 3.86. The van der Waals surface area contributed by atoms with E-state index in [9.17, 15) is 19.5 Å². The van der Waals surface area contributed by atoms with Crippen LogP contribution in [-0.2, 0) is 14.3 Å². The first-order valence-corrected chi connectivity index (χ1v) is 9.15. The third-order valence-electron chi connectivity index (χ3n) is 3.18. The molecule has 1 aromatic carbocycles. The van der Waals surface area contributed by atoms with Crippen molar-refractivity contribution in [1.29, 1.82) is 0 Å². The van der Waals surface area contributed by atoms with Crippen molar-refractivity contribution in [2.45, 2.75) is 19.9 Å². The number of phenols is 1. The molecule has 0 saturated carbocycles. The zero-order valence-corrected chi connectivity index (χ0v) is 16.4. The van der Waals surface area contributed by atoms with Crippen LogP contribution in [0.15, 0.2) is 17.0 Å². The molecule has 2 amide bonds. The van der Waals surface area contributed by atoms with Crippen molar-refractivity contribution in [2.75, 3.05) is 6.61 Å². The number of thioether (sulfide) groups is 1. The number of aromatic hydroxyl groups is 1. The normalized spacial score (nSPS) is 17.5. The zero-order valence-electron chi connectivity index (χ0n) is 12.7. The van der Waals surface area contributed by atoms with Crippen LogP contribution in [0.3, 0.4) is 0 Å². The van der Waals surface area contributed by atoms with E-state index in [4.69, 9.17) is 16.3 Å². The molecule has 0 aromatic heterocycles. The van der Waals surface area contributed by atoms with E-state index in [2.05, 4.69) is 0 Å². The summed E-state index contributed by atoms with van der Waals surface area (Å²) in [6, 6.07) is 2.04. The van der Waals surface area contributed by atoms with Gasteiger partial charge in [-0.1, -0.05) is 11.6 Å². The zero-order chi connectivity index (χ0) is 18.0. The van der Waals surface area contributed by atoms with Crippen LogP contribution in [0.5, 0.6) is 5.75 Å². The van der Waals surface area contributed by atoms with Gasteiger partial charge in [0.1, 0.15) is 11.8 Å². The Kier molecular flexibility index (Phi) is 6.16. The number of carbonyl (C=O) groups is 3. The van der Waals surface area contributed by atoms with Crippen LogP contribution in [-0.4, -0.2) is 39.8 Å². The Balaban J connectivity index is 2.33. The molecule has 0 aliphatic carbocycles. The van der Waals surface area contributed by atoms with Crippen LogP contribution >= 0.6 is 46.0 Å². The van der Waals surface area contributed by atoms with Gasteiger partial charge < -0.3 is 9.84 Å². The maximum Gasteiger partial charge on any atom is 0.329 e. The van der Waals surface area contributed by atoms with Crippen molar-refractivity contribution < 1.29 is 24.2 Å². The molecule has 1 N–H and O–H groups in total. The SMILES string of the molecule is CCOC(=O)[C@H](C)N1C(=O)S/C(=C/c2cc(Cl)cc(I)c2O)C1=O. The van der Waals surface area contributed by atoms with Crippen molar-refractivity contribution in [3.63, 3.8) is 0 Å². The predicted molar refractivity (Wildman–Crippen MR) is 99.7 cm³/mol. The van der Waals surface area contributed by atoms with Crippen LogP contribution in [0, 0.1) is 3.57 Å². The number of phenolic OH excluding ortho intramolecular Hbond substituents is 1. The number of esters is 1. The van der Waals surface area contributed by atoms with Crippen molar-refractivity contribution in [3.05, 3.63) is 31.2 Å². The fraction of sp³-hybridized carbons (Fsp3) is 0.267. The lowest BCUT2D eigenvalue weighted by molar-refractivity contribution is -0.150. The van der Waals surface area contributed by atoms with Crippen molar-refractivity contribution >= 4 is 69.1 Å². The lowest BCUT2D eigenvalue weighted by atomic mass is 10.2. The van der Waals surface area contributed by atoms with Gasteiger partial charge in [0.25, 0.3) is 11.1 Å². The molecule has 1 aliphatic rings. The largest absolute Gasteiger partial charge is 0.506 e. The molecule has 0 radical (unpaired) electrons. The summed E-state index contributed by atoms with van der Waals surface area (Å²) in [4.78, 5) is 37.3. The van der Waals surface area contributed by atoms with Gasteiger partial charge in [-0.3, -0.25) is 14.5 Å². The molecule has 9 heteroatoms. The summed E-state index contributed by atoms with van der Waals surface area (Å²) >= 11 is 8.56. The standard InChI is InChI=1S/C15H13ClINO5S/c1-3-23-14(21)7(2)18-13(20)11(24-15(18)22)5-8-4-9(16)6-10(17)12(8)19/h4-7,19H,3H2,1-2H3/b11-5+/t7-/m0/s1. The minimum absolute atomic E-state index is 0.0368. The summed E-state index contributed by atoms with van der Waals surface area (Å²) in [6.45, 7) is 3.23. The molecule has 6 nitrogen and oxygen atoms in total. The van der Waals surface area contributed by atoms with Crippen LogP contribution < -0.4 is 0 Å². The van der Waals surface area contributed by atoms with Crippen molar-refractivity contribution in [1.82, 2.24) is 4.90 Å². The Labute approximate surface area is 161 Å². The molecule has 1 atom stereocenters. The van der Waals surface area contributed by atoms with Gasteiger partial charge in [-0.05, 0) is 66.4 Å². The number of halogens is 2. The molecule has 0 bridgehead atoms.